The number of nitrogens with zero attached hydrogens (tertiary/aromatic N) is 1. The lowest BCUT2D eigenvalue weighted by atomic mass is 10.3. The number of carbonyl (C=O) groups is 1. The van der Waals surface area contributed by atoms with Gasteiger partial charge in [0.05, 0.1) is 7.11 Å². The van der Waals surface area contributed by atoms with E-state index in [-0.39, 0.29) is 11.9 Å². The molecule has 0 heterocycles. The molecular weight excluding hydrogens is 248 g/mol. The van der Waals surface area contributed by atoms with Crippen LogP contribution in [-0.4, -0.2) is 30.7 Å². The van der Waals surface area contributed by atoms with E-state index in [4.69, 9.17) is 15.7 Å². The molecular formula is C12H18N4O3. The van der Waals surface area contributed by atoms with Crippen molar-refractivity contribution in [2.45, 2.75) is 12.8 Å². The summed E-state index contributed by atoms with van der Waals surface area (Å²) in [5.41, 5.74) is 5.98. The smallest absolute Gasteiger partial charge is 0.319 e. The Bertz CT molecular complexity index is 431. The Hall–Kier alpha value is -2.44. The molecule has 0 aliphatic rings. The molecule has 0 spiro atoms. The molecule has 1 rings (SSSR count). The first-order valence-electron chi connectivity index (χ1n) is 5.81. The van der Waals surface area contributed by atoms with E-state index in [1.807, 2.05) is 0 Å². The third kappa shape index (κ3) is 5.62. The van der Waals surface area contributed by atoms with E-state index in [2.05, 4.69) is 15.8 Å². The average Bonchev–Trinajstić information content (AvgIpc) is 2.44. The van der Waals surface area contributed by atoms with Crippen LogP contribution in [0, 0.1) is 0 Å². The fourth-order valence-corrected chi connectivity index (χ4v) is 1.37. The zero-order chi connectivity index (χ0) is 14.1. The first kappa shape index (κ1) is 14.6. The van der Waals surface area contributed by atoms with Crippen LogP contribution >= 0.6 is 0 Å². The molecule has 0 fully saturated rings. The molecule has 7 nitrogen and oxygen atoms in total. The lowest BCUT2D eigenvalue weighted by Crippen LogP contribution is -2.30. The number of urea groups is 1. The van der Waals surface area contributed by atoms with Crippen LogP contribution in [0.1, 0.15) is 12.8 Å². The summed E-state index contributed by atoms with van der Waals surface area (Å²) in [5.74, 6) is 0.877. The molecule has 0 bridgehead atoms. The minimum atomic E-state index is -0.301. The molecule has 7 heteroatoms. The molecule has 0 aliphatic carbocycles. The van der Waals surface area contributed by atoms with Gasteiger partial charge in [0.2, 0.25) is 0 Å². The number of amides is 2. The largest absolute Gasteiger partial charge is 0.497 e. The van der Waals surface area contributed by atoms with Gasteiger partial charge >= 0.3 is 6.03 Å². The quantitative estimate of drug-likeness (QED) is 0.205. The first-order chi connectivity index (χ1) is 9.15. The maximum absolute atomic E-state index is 11.5. The van der Waals surface area contributed by atoms with E-state index in [1.54, 1.807) is 31.4 Å². The van der Waals surface area contributed by atoms with Crippen molar-refractivity contribution in [2.24, 2.45) is 10.9 Å². The van der Waals surface area contributed by atoms with Gasteiger partial charge in [-0.3, -0.25) is 0 Å². The van der Waals surface area contributed by atoms with Crippen molar-refractivity contribution in [2.75, 3.05) is 19.0 Å². The molecule has 0 aromatic heterocycles. The molecule has 0 saturated heterocycles. The highest BCUT2D eigenvalue weighted by molar-refractivity contribution is 5.89. The highest BCUT2D eigenvalue weighted by atomic mass is 16.5. The standard InChI is InChI=1S/C12H18N4O3/c1-19-10-6-4-9(5-7-10)15-12(17)14-8-2-3-11(13)16-18/h4-7,18H,2-3,8H2,1H3,(H2,13,16)(H2,14,15,17). The number of amidine groups is 1. The summed E-state index contributed by atoms with van der Waals surface area (Å²) in [6, 6.07) is 6.70. The van der Waals surface area contributed by atoms with Crippen LogP contribution in [0.2, 0.25) is 0 Å². The van der Waals surface area contributed by atoms with Gasteiger partial charge in [0.15, 0.2) is 0 Å². The number of hydrogen-bond acceptors (Lipinski definition) is 4. The fraction of sp³-hybridized carbons (Fsp3) is 0.333. The van der Waals surface area contributed by atoms with Gasteiger partial charge in [0.1, 0.15) is 11.6 Å². The van der Waals surface area contributed by atoms with E-state index < -0.39 is 0 Å². The van der Waals surface area contributed by atoms with Crippen molar-refractivity contribution < 1.29 is 14.7 Å². The number of rotatable bonds is 6. The second kappa shape index (κ2) is 7.80. The lowest BCUT2D eigenvalue weighted by Gasteiger charge is -2.08. The van der Waals surface area contributed by atoms with Gasteiger partial charge in [-0.25, -0.2) is 4.79 Å². The second-order valence-electron chi connectivity index (χ2n) is 3.80. The maximum Gasteiger partial charge on any atom is 0.319 e. The number of benzene rings is 1. The number of oxime groups is 1. The van der Waals surface area contributed by atoms with Crippen LogP contribution < -0.4 is 21.1 Å². The van der Waals surface area contributed by atoms with Crippen LogP contribution in [0.25, 0.3) is 0 Å². The molecule has 1 aromatic carbocycles. The van der Waals surface area contributed by atoms with E-state index in [9.17, 15) is 4.79 Å². The maximum atomic E-state index is 11.5. The molecule has 0 aliphatic heterocycles. The minimum absolute atomic E-state index is 0.150. The van der Waals surface area contributed by atoms with E-state index in [1.165, 1.54) is 0 Å². The van der Waals surface area contributed by atoms with Gasteiger partial charge < -0.3 is 26.3 Å². The van der Waals surface area contributed by atoms with Gasteiger partial charge in [-0.05, 0) is 30.7 Å². The van der Waals surface area contributed by atoms with Crippen molar-refractivity contribution in [1.82, 2.24) is 5.32 Å². The molecule has 104 valence electrons. The number of carbonyl (C=O) groups excluding carboxylic acids is 1. The van der Waals surface area contributed by atoms with Gasteiger partial charge in [-0.15, -0.1) is 0 Å². The summed E-state index contributed by atoms with van der Waals surface area (Å²) in [6.07, 6.45) is 1.03. The van der Waals surface area contributed by atoms with E-state index in [0.29, 0.717) is 25.1 Å². The Morgan fingerprint density at radius 2 is 2.11 bits per heavy atom. The van der Waals surface area contributed by atoms with Crippen molar-refractivity contribution in [1.29, 1.82) is 0 Å². The SMILES string of the molecule is COc1ccc(NC(=O)NCCCC(N)=NO)cc1. The molecule has 2 amide bonds. The monoisotopic (exact) mass is 266 g/mol. The zero-order valence-corrected chi connectivity index (χ0v) is 10.7. The molecule has 1 aromatic rings. The highest BCUT2D eigenvalue weighted by Crippen LogP contribution is 2.14. The van der Waals surface area contributed by atoms with Gasteiger partial charge in [0, 0.05) is 18.7 Å². The third-order valence-electron chi connectivity index (χ3n) is 2.37. The number of nitrogens with one attached hydrogen (secondary N) is 2. The van der Waals surface area contributed by atoms with E-state index >= 15 is 0 Å². The summed E-state index contributed by atoms with van der Waals surface area (Å²) in [7, 11) is 1.58. The lowest BCUT2D eigenvalue weighted by molar-refractivity contribution is 0.252. The normalized spacial score (nSPS) is 10.9. The van der Waals surface area contributed by atoms with Crippen LogP contribution in [-0.2, 0) is 0 Å². The van der Waals surface area contributed by atoms with Crippen LogP contribution in [0.15, 0.2) is 29.4 Å². The Kier molecular flexibility index (Phi) is 6.00. The van der Waals surface area contributed by atoms with Crippen molar-refractivity contribution >= 4 is 17.6 Å². The third-order valence-corrected chi connectivity index (χ3v) is 2.37. The average molecular weight is 266 g/mol. The summed E-state index contributed by atoms with van der Waals surface area (Å²) >= 11 is 0. The Morgan fingerprint density at radius 1 is 1.42 bits per heavy atom. The van der Waals surface area contributed by atoms with Crippen molar-refractivity contribution in [3.63, 3.8) is 0 Å². The van der Waals surface area contributed by atoms with Gasteiger partial charge in [-0.2, -0.15) is 0 Å². The zero-order valence-electron chi connectivity index (χ0n) is 10.7. The van der Waals surface area contributed by atoms with Crippen LogP contribution in [0.3, 0.4) is 0 Å². The summed E-state index contributed by atoms with van der Waals surface area (Å²) in [6.45, 7) is 0.443. The predicted octanol–water partition coefficient (Wildman–Crippen LogP) is 1.34. The van der Waals surface area contributed by atoms with Crippen LogP contribution in [0.5, 0.6) is 5.75 Å². The van der Waals surface area contributed by atoms with Crippen LogP contribution in [0.4, 0.5) is 10.5 Å². The van der Waals surface area contributed by atoms with Crippen molar-refractivity contribution in [3.05, 3.63) is 24.3 Å². The summed E-state index contributed by atoms with van der Waals surface area (Å²) in [5, 5.41) is 16.5. The number of methoxy groups -OCH3 is 1. The van der Waals surface area contributed by atoms with E-state index in [0.717, 1.165) is 5.75 Å². The molecule has 0 saturated carbocycles. The van der Waals surface area contributed by atoms with Gasteiger partial charge in [-0.1, -0.05) is 5.16 Å². The molecule has 5 N–H and O–H groups in total. The fourth-order valence-electron chi connectivity index (χ4n) is 1.37. The Labute approximate surface area is 111 Å². The number of ether oxygens (including phenoxy) is 1. The molecule has 0 atom stereocenters. The minimum Gasteiger partial charge on any atom is -0.497 e. The highest BCUT2D eigenvalue weighted by Gasteiger charge is 2.01. The number of hydrogen-bond donors (Lipinski definition) is 4. The predicted molar refractivity (Wildman–Crippen MR) is 72.7 cm³/mol. The molecule has 0 radical (unpaired) electrons. The summed E-state index contributed by atoms with van der Waals surface area (Å²) in [4.78, 5) is 11.5. The van der Waals surface area contributed by atoms with Crippen molar-refractivity contribution in [3.8, 4) is 5.75 Å². The Balaban J connectivity index is 2.26. The summed E-state index contributed by atoms with van der Waals surface area (Å²) < 4.78 is 5.01. The van der Waals surface area contributed by atoms with Gasteiger partial charge in [0.25, 0.3) is 0 Å². The number of nitrogens with two attached hydrogens (primary N) is 1. The molecule has 19 heavy (non-hydrogen) atoms. The second-order valence-corrected chi connectivity index (χ2v) is 3.80. The Morgan fingerprint density at radius 3 is 2.68 bits per heavy atom. The first-order valence-corrected chi connectivity index (χ1v) is 5.81. The topological polar surface area (TPSA) is 109 Å². The number of anilines is 1. The molecule has 0 unspecified atom stereocenters.